The number of carbonyl (C=O) groups excluding carboxylic acids is 2. The van der Waals surface area contributed by atoms with E-state index in [9.17, 15) is 9.59 Å². The standard InChI is InChI=1S/C24H23N5O3/c30-22-10-16(24(31)28-22)8-17-12-25-29-21(26-18-6-7-18)11-20(27-23(17)29)15-2-1-3-19(9-15)32-13-14-4-5-14/h1-3,8-9,11-12,14,18,26H,4-7,10,13H2,(H,28,30,31)/b16-8+. The number of amides is 2. The number of ether oxygens (including phenoxy) is 1. The van der Waals surface area contributed by atoms with Crippen LogP contribution in [0.25, 0.3) is 23.0 Å². The number of aromatic nitrogens is 3. The number of benzene rings is 1. The molecule has 1 aromatic carbocycles. The highest BCUT2D eigenvalue weighted by Crippen LogP contribution is 2.32. The fourth-order valence-electron chi connectivity index (χ4n) is 3.82. The molecule has 0 bridgehead atoms. The monoisotopic (exact) mass is 429 g/mol. The molecule has 2 amide bonds. The Balaban J connectivity index is 1.41. The molecule has 0 spiro atoms. The summed E-state index contributed by atoms with van der Waals surface area (Å²) in [7, 11) is 0. The molecule has 2 N–H and O–H groups in total. The maximum atomic E-state index is 12.0. The molecule has 8 heteroatoms. The summed E-state index contributed by atoms with van der Waals surface area (Å²) in [6.45, 7) is 0.755. The van der Waals surface area contributed by atoms with Crippen molar-refractivity contribution < 1.29 is 14.3 Å². The Morgan fingerprint density at radius 3 is 2.81 bits per heavy atom. The van der Waals surface area contributed by atoms with Gasteiger partial charge in [-0.15, -0.1) is 0 Å². The minimum Gasteiger partial charge on any atom is -0.493 e. The predicted molar refractivity (Wildman–Crippen MR) is 119 cm³/mol. The summed E-state index contributed by atoms with van der Waals surface area (Å²) in [6.07, 6.45) is 8.21. The van der Waals surface area contributed by atoms with Gasteiger partial charge in [0.1, 0.15) is 11.6 Å². The van der Waals surface area contributed by atoms with E-state index in [1.807, 2.05) is 30.3 Å². The van der Waals surface area contributed by atoms with Crippen molar-refractivity contribution in [3.63, 3.8) is 0 Å². The Hall–Kier alpha value is -3.68. The molecule has 0 atom stereocenters. The van der Waals surface area contributed by atoms with E-state index in [0.29, 0.717) is 28.7 Å². The smallest absolute Gasteiger partial charge is 0.254 e. The van der Waals surface area contributed by atoms with Crippen molar-refractivity contribution in [1.29, 1.82) is 0 Å². The van der Waals surface area contributed by atoms with Gasteiger partial charge in [0.2, 0.25) is 5.91 Å². The maximum Gasteiger partial charge on any atom is 0.254 e. The molecule has 3 heterocycles. The van der Waals surface area contributed by atoms with E-state index in [2.05, 4.69) is 15.7 Å². The highest BCUT2D eigenvalue weighted by Gasteiger charge is 2.26. The van der Waals surface area contributed by atoms with Gasteiger partial charge in [0.25, 0.3) is 5.91 Å². The molecule has 2 aliphatic carbocycles. The lowest BCUT2D eigenvalue weighted by Crippen LogP contribution is -2.19. The molecule has 1 aliphatic heterocycles. The van der Waals surface area contributed by atoms with Crippen LogP contribution in [0, 0.1) is 5.92 Å². The number of hydrogen-bond donors (Lipinski definition) is 2. The SMILES string of the molecule is O=C1C/C(=C\c2cnn3c(NC4CC4)cc(-c4cccc(OCC5CC5)c4)nc23)C(=O)N1. The first-order valence-corrected chi connectivity index (χ1v) is 11.1. The minimum atomic E-state index is -0.359. The molecule has 2 aromatic heterocycles. The van der Waals surface area contributed by atoms with E-state index in [4.69, 9.17) is 9.72 Å². The highest BCUT2D eigenvalue weighted by atomic mass is 16.5. The Morgan fingerprint density at radius 1 is 1.19 bits per heavy atom. The molecule has 32 heavy (non-hydrogen) atoms. The summed E-state index contributed by atoms with van der Waals surface area (Å²) in [5.74, 6) is 1.73. The van der Waals surface area contributed by atoms with Crippen LogP contribution in [0.1, 0.15) is 37.7 Å². The van der Waals surface area contributed by atoms with Crippen LogP contribution in [0.15, 0.2) is 42.1 Å². The third kappa shape index (κ3) is 3.84. The van der Waals surface area contributed by atoms with Crippen LogP contribution in [-0.4, -0.2) is 39.1 Å². The summed E-state index contributed by atoms with van der Waals surface area (Å²) in [5, 5.41) is 10.4. The third-order valence-corrected chi connectivity index (χ3v) is 5.97. The van der Waals surface area contributed by atoms with Gasteiger partial charge in [0.15, 0.2) is 5.65 Å². The van der Waals surface area contributed by atoms with Crippen molar-refractivity contribution in [2.24, 2.45) is 5.92 Å². The van der Waals surface area contributed by atoms with Gasteiger partial charge in [-0.05, 0) is 49.8 Å². The Labute approximate surface area is 184 Å². The number of carbonyl (C=O) groups is 2. The van der Waals surface area contributed by atoms with E-state index in [1.165, 1.54) is 12.8 Å². The average Bonchev–Trinajstić information content (AvgIpc) is 3.71. The van der Waals surface area contributed by atoms with Crippen molar-refractivity contribution in [2.45, 2.75) is 38.1 Å². The zero-order valence-corrected chi connectivity index (χ0v) is 17.5. The van der Waals surface area contributed by atoms with Crippen LogP contribution in [-0.2, 0) is 9.59 Å². The second kappa shape index (κ2) is 7.47. The Kier molecular flexibility index (Phi) is 4.45. The van der Waals surface area contributed by atoms with Gasteiger partial charge < -0.3 is 10.1 Å². The highest BCUT2D eigenvalue weighted by molar-refractivity contribution is 6.15. The molecule has 0 radical (unpaired) electrons. The van der Waals surface area contributed by atoms with Gasteiger partial charge in [-0.3, -0.25) is 14.9 Å². The summed E-state index contributed by atoms with van der Waals surface area (Å²) >= 11 is 0. The van der Waals surface area contributed by atoms with Gasteiger partial charge in [-0.2, -0.15) is 9.61 Å². The van der Waals surface area contributed by atoms with E-state index in [0.717, 1.165) is 42.3 Å². The molecule has 6 rings (SSSR count). The number of rotatable bonds is 7. The van der Waals surface area contributed by atoms with Crippen molar-refractivity contribution in [3.05, 3.63) is 47.7 Å². The molecule has 3 aliphatic rings. The van der Waals surface area contributed by atoms with Crippen LogP contribution in [0.4, 0.5) is 5.82 Å². The summed E-state index contributed by atoms with van der Waals surface area (Å²) in [6, 6.07) is 10.4. The summed E-state index contributed by atoms with van der Waals surface area (Å²) < 4.78 is 7.72. The molecule has 162 valence electrons. The zero-order chi connectivity index (χ0) is 21.7. The number of nitrogens with zero attached hydrogens (tertiary/aromatic N) is 3. The van der Waals surface area contributed by atoms with Gasteiger partial charge in [-0.25, -0.2) is 4.98 Å². The lowest BCUT2D eigenvalue weighted by atomic mass is 10.1. The number of nitrogens with one attached hydrogen (secondary N) is 2. The van der Waals surface area contributed by atoms with E-state index in [-0.39, 0.29) is 18.2 Å². The molecule has 3 aromatic rings. The molecule has 1 saturated heterocycles. The van der Waals surface area contributed by atoms with Gasteiger partial charge >= 0.3 is 0 Å². The fourth-order valence-corrected chi connectivity index (χ4v) is 3.82. The van der Waals surface area contributed by atoms with Crippen molar-refractivity contribution >= 4 is 29.4 Å². The molecular formula is C24H23N5O3. The molecular weight excluding hydrogens is 406 g/mol. The quantitative estimate of drug-likeness (QED) is 0.442. The van der Waals surface area contributed by atoms with Crippen molar-refractivity contribution in [1.82, 2.24) is 19.9 Å². The van der Waals surface area contributed by atoms with E-state index >= 15 is 0 Å². The first-order valence-electron chi connectivity index (χ1n) is 11.1. The largest absolute Gasteiger partial charge is 0.493 e. The predicted octanol–water partition coefficient (Wildman–Crippen LogP) is 3.19. The Bertz CT molecular complexity index is 1270. The molecule has 2 saturated carbocycles. The minimum absolute atomic E-state index is 0.0728. The summed E-state index contributed by atoms with van der Waals surface area (Å²) in [5.41, 5.74) is 3.50. The lowest BCUT2D eigenvalue weighted by Gasteiger charge is -2.11. The Morgan fingerprint density at radius 2 is 2.06 bits per heavy atom. The average molecular weight is 429 g/mol. The van der Waals surface area contributed by atoms with Gasteiger partial charge in [0.05, 0.1) is 24.9 Å². The fraction of sp³-hybridized carbons (Fsp3) is 0.333. The zero-order valence-electron chi connectivity index (χ0n) is 17.5. The first kappa shape index (κ1) is 19.0. The number of anilines is 1. The normalized spacial score (nSPS) is 19.6. The third-order valence-electron chi connectivity index (χ3n) is 5.97. The number of imide groups is 1. The topological polar surface area (TPSA) is 97.6 Å². The van der Waals surface area contributed by atoms with Crippen LogP contribution in [0.2, 0.25) is 0 Å². The second-order valence-corrected chi connectivity index (χ2v) is 8.79. The van der Waals surface area contributed by atoms with Crippen LogP contribution >= 0.6 is 0 Å². The molecule has 0 unspecified atom stereocenters. The van der Waals surface area contributed by atoms with Crippen LogP contribution in [0.5, 0.6) is 5.75 Å². The van der Waals surface area contributed by atoms with Crippen molar-refractivity contribution in [3.8, 4) is 17.0 Å². The van der Waals surface area contributed by atoms with E-state index < -0.39 is 0 Å². The number of fused-ring (bicyclic) bond motifs is 1. The second-order valence-electron chi connectivity index (χ2n) is 8.79. The summed E-state index contributed by atoms with van der Waals surface area (Å²) in [4.78, 5) is 28.5. The van der Waals surface area contributed by atoms with Gasteiger partial charge in [-0.1, -0.05) is 12.1 Å². The lowest BCUT2D eigenvalue weighted by molar-refractivity contribution is -0.124. The van der Waals surface area contributed by atoms with Gasteiger partial charge in [0, 0.05) is 28.8 Å². The maximum absolute atomic E-state index is 12.0. The molecule has 8 nitrogen and oxygen atoms in total. The van der Waals surface area contributed by atoms with Crippen LogP contribution in [0.3, 0.4) is 0 Å². The molecule has 3 fully saturated rings. The first-order chi connectivity index (χ1) is 15.6. The van der Waals surface area contributed by atoms with Crippen molar-refractivity contribution in [2.75, 3.05) is 11.9 Å². The number of hydrogen-bond acceptors (Lipinski definition) is 6. The van der Waals surface area contributed by atoms with E-state index in [1.54, 1.807) is 16.8 Å². The van der Waals surface area contributed by atoms with Crippen LogP contribution < -0.4 is 15.4 Å².